The maximum absolute atomic E-state index is 12.5. The Hall–Kier alpha value is -2.61. The fourth-order valence-corrected chi connectivity index (χ4v) is 3.54. The molecule has 8 heteroatoms. The zero-order chi connectivity index (χ0) is 19.6. The highest BCUT2D eigenvalue weighted by atomic mass is 16.5. The van der Waals surface area contributed by atoms with Crippen LogP contribution in [0, 0.1) is 20.8 Å². The van der Waals surface area contributed by atoms with E-state index in [0.29, 0.717) is 19.0 Å². The van der Waals surface area contributed by atoms with Crippen LogP contribution in [0.1, 0.15) is 40.6 Å². The molecule has 2 amide bonds. The van der Waals surface area contributed by atoms with Gasteiger partial charge in [0.25, 0.3) is 0 Å². The number of urea groups is 1. The summed E-state index contributed by atoms with van der Waals surface area (Å²) in [6.45, 7) is 6.81. The summed E-state index contributed by atoms with van der Waals surface area (Å²) in [5, 5.41) is 10.3. The second-order valence-electron chi connectivity index (χ2n) is 6.93. The summed E-state index contributed by atoms with van der Waals surface area (Å²) in [4.78, 5) is 16.8. The molecule has 146 valence electrons. The van der Waals surface area contributed by atoms with Gasteiger partial charge in [-0.3, -0.25) is 4.68 Å². The summed E-state index contributed by atoms with van der Waals surface area (Å²) in [7, 11) is 3.47. The highest BCUT2D eigenvalue weighted by molar-refractivity contribution is 5.74. The number of nitrogens with one attached hydrogen (secondary N) is 2. The number of rotatable bonds is 5. The number of ether oxygens (including phenoxy) is 2. The number of pyridine rings is 1. The molecule has 8 nitrogen and oxygen atoms in total. The molecular weight excluding hydrogens is 346 g/mol. The number of carbonyl (C=O) groups is 1. The molecule has 0 aliphatic carbocycles. The van der Waals surface area contributed by atoms with E-state index in [-0.39, 0.29) is 18.2 Å². The quantitative estimate of drug-likeness (QED) is 0.837. The van der Waals surface area contributed by atoms with E-state index < -0.39 is 0 Å². The first-order valence-corrected chi connectivity index (χ1v) is 9.06. The van der Waals surface area contributed by atoms with Gasteiger partial charge < -0.3 is 20.1 Å². The number of carbonyl (C=O) groups excluding carboxylic acids is 1. The first-order chi connectivity index (χ1) is 12.9. The third-order valence-corrected chi connectivity index (χ3v) is 4.82. The van der Waals surface area contributed by atoms with E-state index in [1.165, 1.54) is 0 Å². The van der Waals surface area contributed by atoms with Crippen molar-refractivity contribution in [1.82, 2.24) is 25.4 Å². The zero-order valence-electron chi connectivity index (χ0n) is 16.5. The molecule has 0 aromatic carbocycles. The molecule has 2 aromatic heterocycles. The van der Waals surface area contributed by atoms with Gasteiger partial charge in [0.2, 0.25) is 5.88 Å². The van der Waals surface area contributed by atoms with E-state index in [0.717, 1.165) is 34.5 Å². The molecule has 2 N–H and O–H groups in total. The summed E-state index contributed by atoms with van der Waals surface area (Å²) in [6, 6.07) is 1.65. The van der Waals surface area contributed by atoms with E-state index in [4.69, 9.17) is 9.47 Å². The monoisotopic (exact) mass is 373 g/mol. The Balaban J connectivity index is 1.63. The Kier molecular flexibility index (Phi) is 5.65. The van der Waals surface area contributed by atoms with Gasteiger partial charge in [0.15, 0.2) is 0 Å². The second kappa shape index (κ2) is 7.96. The lowest BCUT2D eigenvalue weighted by molar-refractivity contribution is 0.0994. The molecule has 1 aliphatic rings. The van der Waals surface area contributed by atoms with Crippen molar-refractivity contribution in [2.45, 2.75) is 45.9 Å². The van der Waals surface area contributed by atoms with Crippen LogP contribution in [0.4, 0.5) is 4.79 Å². The van der Waals surface area contributed by atoms with Crippen molar-refractivity contribution in [3.63, 3.8) is 0 Å². The largest absolute Gasteiger partial charge is 0.481 e. The van der Waals surface area contributed by atoms with Crippen molar-refractivity contribution in [2.75, 3.05) is 13.7 Å². The Morgan fingerprint density at radius 1 is 1.41 bits per heavy atom. The first-order valence-electron chi connectivity index (χ1n) is 9.06. The van der Waals surface area contributed by atoms with Crippen LogP contribution in [0.25, 0.3) is 0 Å². The number of hydrogen-bond acceptors (Lipinski definition) is 5. The standard InChI is InChI=1S/C19H27N5O3/c1-11-8-12(2)21-18(26-5)14(11)9-20-19(25)22-16-6-7-27-17(16)15-10-24(4)23-13(15)3/h8,10,16-17H,6-7,9H2,1-5H3,(H2,20,22,25)/t16-,17+/m1/s1. The normalized spacial score (nSPS) is 19.1. The second-order valence-corrected chi connectivity index (χ2v) is 6.93. The van der Waals surface area contributed by atoms with Crippen LogP contribution in [0.3, 0.4) is 0 Å². The molecule has 0 unspecified atom stereocenters. The topological polar surface area (TPSA) is 90.3 Å². The lowest BCUT2D eigenvalue weighted by Gasteiger charge is -2.20. The molecule has 0 radical (unpaired) electrons. The number of nitrogens with zero attached hydrogens (tertiary/aromatic N) is 3. The van der Waals surface area contributed by atoms with Crippen molar-refractivity contribution in [1.29, 1.82) is 0 Å². The molecule has 2 aromatic rings. The molecule has 3 rings (SSSR count). The predicted octanol–water partition coefficient (Wildman–Crippen LogP) is 2.08. The van der Waals surface area contributed by atoms with E-state index in [1.54, 1.807) is 11.8 Å². The highest BCUT2D eigenvalue weighted by Crippen LogP contribution is 2.30. The summed E-state index contributed by atoms with van der Waals surface area (Å²) >= 11 is 0. The lowest BCUT2D eigenvalue weighted by Crippen LogP contribution is -2.43. The fraction of sp³-hybridized carbons (Fsp3) is 0.526. The third kappa shape index (κ3) is 4.21. The average molecular weight is 373 g/mol. The first kappa shape index (κ1) is 19.2. The Labute approximate surface area is 159 Å². The predicted molar refractivity (Wildman–Crippen MR) is 101 cm³/mol. The number of aryl methyl sites for hydroxylation is 4. The Morgan fingerprint density at radius 3 is 2.85 bits per heavy atom. The third-order valence-electron chi connectivity index (χ3n) is 4.82. The fourth-order valence-electron chi connectivity index (χ4n) is 3.54. The van der Waals surface area contributed by atoms with Gasteiger partial charge in [-0.05, 0) is 38.8 Å². The molecule has 0 saturated carbocycles. The Morgan fingerprint density at radius 2 is 2.19 bits per heavy atom. The van der Waals surface area contributed by atoms with Crippen LogP contribution < -0.4 is 15.4 Å². The maximum atomic E-state index is 12.5. The molecule has 1 fully saturated rings. The summed E-state index contributed by atoms with van der Waals surface area (Å²) in [5.41, 5.74) is 4.73. The van der Waals surface area contributed by atoms with Gasteiger partial charge in [0.1, 0.15) is 6.10 Å². The van der Waals surface area contributed by atoms with Crippen LogP contribution in [0.2, 0.25) is 0 Å². The highest BCUT2D eigenvalue weighted by Gasteiger charge is 2.33. The Bertz CT molecular complexity index is 833. The van der Waals surface area contributed by atoms with E-state index >= 15 is 0 Å². The van der Waals surface area contributed by atoms with Gasteiger partial charge in [-0.2, -0.15) is 5.10 Å². The van der Waals surface area contributed by atoms with E-state index in [1.807, 2.05) is 40.1 Å². The van der Waals surface area contributed by atoms with Gasteiger partial charge in [-0.25, -0.2) is 9.78 Å². The maximum Gasteiger partial charge on any atom is 0.315 e. The van der Waals surface area contributed by atoms with Crippen molar-refractivity contribution in [3.05, 3.63) is 40.3 Å². The van der Waals surface area contributed by atoms with Gasteiger partial charge in [0, 0.05) is 36.7 Å². The number of amides is 2. The molecule has 1 saturated heterocycles. The van der Waals surface area contributed by atoms with Gasteiger partial charge >= 0.3 is 6.03 Å². The van der Waals surface area contributed by atoms with Crippen LogP contribution >= 0.6 is 0 Å². The summed E-state index contributed by atoms with van der Waals surface area (Å²) in [5.74, 6) is 0.542. The minimum atomic E-state index is -0.237. The summed E-state index contributed by atoms with van der Waals surface area (Å²) in [6.07, 6.45) is 2.53. The van der Waals surface area contributed by atoms with Crippen molar-refractivity contribution >= 4 is 6.03 Å². The zero-order valence-corrected chi connectivity index (χ0v) is 16.5. The van der Waals surface area contributed by atoms with Gasteiger partial charge in [-0.15, -0.1) is 0 Å². The molecule has 1 aliphatic heterocycles. The number of aromatic nitrogens is 3. The van der Waals surface area contributed by atoms with E-state index in [2.05, 4.69) is 20.7 Å². The van der Waals surface area contributed by atoms with Crippen LogP contribution in [-0.2, 0) is 18.3 Å². The summed E-state index contributed by atoms with van der Waals surface area (Å²) < 4.78 is 13.0. The van der Waals surface area contributed by atoms with Gasteiger partial charge in [-0.1, -0.05) is 0 Å². The molecule has 27 heavy (non-hydrogen) atoms. The lowest BCUT2D eigenvalue weighted by atomic mass is 10.0. The van der Waals surface area contributed by atoms with Crippen molar-refractivity contribution in [2.24, 2.45) is 7.05 Å². The van der Waals surface area contributed by atoms with Gasteiger partial charge in [0.05, 0.1) is 25.4 Å². The molecule has 0 spiro atoms. The molecule has 0 bridgehead atoms. The minimum Gasteiger partial charge on any atom is -0.481 e. The number of hydrogen-bond donors (Lipinski definition) is 2. The van der Waals surface area contributed by atoms with Crippen LogP contribution in [0.5, 0.6) is 5.88 Å². The van der Waals surface area contributed by atoms with Crippen molar-refractivity contribution < 1.29 is 14.3 Å². The SMILES string of the molecule is COc1nc(C)cc(C)c1CNC(=O)N[C@@H]1CCO[C@H]1c1cn(C)nc1C. The molecule has 3 heterocycles. The van der Waals surface area contributed by atoms with Crippen molar-refractivity contribution in [3.8, 4) is 5.88 Å². The number of methoxy groups -OCH3 is 1. The minimum absolute atomic E-state index is 0.0907. The smallest absolute Gasteiger partial charge is 0.315 e. The molecule has 2 atom stereocenters. The average Bonchev–Trinajstić information content (AvgIpc) is 3.18. The van der Waals surface area contributed by atoms with E-state index in [9.17, 15) is 4.79 Å². The molecular formula is C19H27N5O3. The van der Waals surface area contributed by atoms with Crippen LogP contribution in [-0.4, -0.2) is 40.6 Å². The van der Waals surface area contributed by atoms with Crippen LogP contribution in [0.15, 0.2) is 12.3 Å².